The lowest BCUT2D eigenvalue weighted by Crippen LogP contribution is -2.48. The molecule has 2 aromatic rings. The van der Waals surface area contributed by atoms with Gasteiger partial charge in [0, 0.05) is 22.3 Å². The van der Waals surface area contributed by atoms with Crippen molar-refractivity contribution < 1.29 is 4.74 Å². The van der Waals surface area contributed by atoms with E-state index in [9.17, 15) is 0 Å². The molecule has 0 spiro atoms. The van der Waals surface area contributed by atoms with E-state index < -0.39 is 0 Å². The maximum atomic E-state index is 6.33. The fourth-order valence-corrected chi connectivity index (χ4v) is 4.23. The molecule has 1 fully saturated rings. The van der Waals surface area contributed by atoms with Crippen molar-refractivity contribution in [1.29, 1.82) is 0 Å². The molecule has 0 amide bonds. The van der Waals surface area contributed by atoms with Crippen molar-refractivity contribution >= 4 is 34.6 Å². The van der Waals surface area contributed by atoms with Gasteiger partial charge in [0.05, 0.1) is 7.11 Å². The van der Waals surface area contributed by atoms with Crippen molar-refractivity contribution in [2.45, 2.75) is 44.1 Å². The first kappa shape index (κ1) is 19.0. The number of aryl methyl sites for hydroxylation is 1. The fraction of sp³-hybridized carbons (Fsp3) is 0.381. The summed E-state index contributed by atoms with van der Waals surface area (Å²) in [7, 11) is 1.66. The van der Waals surface area contributed by atoms with Gasteiger partial charge in [-0.1, -0.05) is 48.7 Å². The Kier molecular flexibility index (Phi) is 6.38. The zero-order valence-corrected chi connectivity index (χ0v) is 16.6. The summed E-state index contributed by atoms with van der Waals surface area (Å²) in [5.41, 5.74) is 2.18. The van der Waals surface area contributed by atoms with E-state index in [1.54, 1.807) is 7.11 Å². The number of ether oxygens (including phenoxy) is 1. The van der Waals surface area contributed by atoms with Crippen LogP contribution >= 0.6 is 23.8 Å². The molecule has 0 aliphatic heterocycles. The normalized spacial score (nSPS) is 15.5. The second kappa shape index (κ2) is 8.74. The van der Waals surface area contributed by atoms with E-state index in [0.717, 1.165) is 42.1 Å². The number of thiocarbonyl (C=S) groups is 1. The Bertz CT molecular complexity index is 759. The number of anilines is 1. The number of hydrogen-bond donors (Lipinski definition) is 2. The van der Waals surface area contributed by atoms with Crippen molar-refractivity contribution in [1.82, 2.24) is 5.32 Å². The summed E-state index contributed by atoms with van der Waals surface area (Å²) < 4.78 is 5.27. The highest BCUT2D eigenvalue weighted by Gasteiger charge is 2.34. The van der Waals surface area contributed by atoms with Gasteiger partial charge >= 0.3 is 0 Å². The Balaban J connectivity index is 1.63. The van der Waals surface area contributed by atoms with Crippen LogP contribution in [-0.4, -0.2) is 17.8 Å². The Morgan fingerprint density at radius 1 is 1.15 bits per heavy atom. The SMILES string of the molecule is COc1cccc(NC(=S)NC2(CCc3ccccc3Cl)CCCC2)c1. The zero-order valence-electron chi connectivity index (χ0n) is 15.1. The van der Waals surface area contributed by atoms with Crippen LogP contribution in [0.15, 0.2) is 48.5 Å². The summed E-state index contributed by atoms with van der Waals surface area (Å²) in [6, 6.07) is 15.9. The molecule has 5 heteroatoms. The average Bonchev–Trinajstić information content (AvgIpc) is 3.09. The Labute approximate surface area is 166 Å². The minimum absolute atomic E-state index is 0.0438. The second-order valence-corrected chi connectivity index (χ2v) is 7.71. The first-order valence-electron chi connectivity index (χ1n) is 9.07. The van der Waals surface area contributed by atoms with E-state index in [2.05, 4.69) is 16.7 Å². The predicted molar refractivity (Wildman–Crippen MR) is 113 cm³/mol. The van der Waals surface area contributed by atoms with Crippen LogP contribution in [0, 0.1) is 0 Å². The summed E-state index contributed by atoms with van der Waals surface area (Å²) in [4.78, 5) is 0. The molecule has 2 aromatic carbocycles. The summed E-state index contributed by atoms with van der Waals surface area (Å²) in [6.45, 7) is 0. The fourth-order valence-electron chi connectivity index (χ4n) is 3.67. The molecule has 1 aliphatic rings. The lowest BCUT2D eigenvalue weighted by Gasteiger charge is -2.32. The average molecular weight is 389 g/mol. The molecule has 26 heavy (non-hydrogen) atoms. The molecular formula is C21H25ClN2OS. The number of hydrogen-bond acceptors (Lipinski definition) is 2. The topological polar surface area (TPSA) is 33.3 Å². The molecule has 0 atom stereocenters. The number of halogens is 1. The lowest BCUT2D eigenvalue weighted by atomic mass is 9.89. The molecule has 1 aliphatic carbocycles. The van der Waals surface area contributed by atoms with Crippen LogP contribution < -0.4 is 15.4 Å². The first-order valence-corrected chi connectivity index (χ1v) is 9.85. The highest BCUT2D eigenvalue weighted by molar-refractivity contribution is 7.80. The van der Waals surface area contributed by atoms with Crippen molar-refractivity contribution in [3.63, 3.8) is 0 Å². The number of methoxy groups -OCH3 is 1. The molecular weight excluding hydrogens is 364 g/mol. The molecule has 3 nitrogen and oxygen atoms in total. The van der Waals surface area contributed by atoms with Crippen LogP contribution in [0.3, 0.4) is 0 Å². The van der Waals surface area contributed by atoms with Crippen LogP contribution in [0.5, 0.6) is 5.75 Å². The molecule has 138 valence electrons. The standard InChI is InChI=1S/C21H25ClN2OS/c1-25-18-9-6-8-17(15-18)23-20(26)24-21(12-4-5-13-21)14-11-16-7-2-3-10-19(16)22/h2-3,6-10,15H,4-5,11-14H2,1H3,(H2,23,24,26). The molecule has 0 unspecified atom stereocenters. The third kappa shape index (κ3) is 4.89. The van der Waals surface area contributed by atoms with Gasteiger partial charge in [-0.25, -0.2) is 0 Å². The van der Waals surface area contributed by atoms with Gasteiger partial charge in [-0.15, -0.1) is 0 Å². The lowest BCUT2D eigenvalue weighted by molar-refractivity contribution is 0.362. The third-order valence-corrected chi connectivity index (χ3v) is 5.67. The van der Waals surface area contributed by atoms with Crippen LogP contribution in [0.1, 0.15) is 37.7 Å². The second-order valence-electron chi connectivity index (χ2n) is 6.89. The number of rotatable bonds is 6. The van der Waals surface area contributed by atoms with E-state index in [-0.39, 0.29) is 5.54 Å². The Morgan fingerprint density at radius 3 is 2.65 bits per heavy atom. The van der Waals surface area contributed by atoms with Crippen LogP contribution in [-0.2, 0) is 6.42 Å². The van der Waals surface area contributed by atoms with Gasteiger partial charge in [-0.05, 0) is 61.7 Å². The van der Waals surface area contributed by atoms with Crippen LogP contribution in [0.25, 0.3) is 0 Å². The van der Waals surface area contributed by atoms with Crippen molar-refractivity contribution in [2.75, 3.05) is 12.4 Å². The maximum absolute atomic E-state index is 6.33. The minimum atomic E-state index is 0.0438. The van der Waals surface area contributed by atoms with E-state index >= 15 is 0 Å². The van der Waals surface area contributed by atoms with Crippen molar-refractivity contribution in [3.05, 3.63) is 59.1 Å². The third-order valence-electron chi connectivity index (χ3n) is 5.10. The molecule has 0 radical (unpaired) electrons. The number of nitrogens with one attached hydrogen (secondary N) is 2. The number of benzene rings is 2. The molecule has 3 rings (SSSR count). The van der Waals surface area contributed by atoms with Gasteiger partial charge < -0.3 is 15.4 Å². The highest BCUT2D eigenvalue weighted by atomic mass is 35.5. The summed E-state index contributed by atoms with van der Waals surface area (Å²) in [6.07, 6.45) is 6.72. The van der Waals surface area contributed by atoms with Gasteiger partial charge in [-0.2, -0.15) is 0 Å². The largest absolute Gasteiger partial charge is 0.497 e. The van der Waals surface area contributed by atoms with Gasteiger partial charge in [0.1, 0.15) is 5.75 Å². The highest BCUT2D eigenvalue weighted by Crippen LogP contribution is 2.34. The summed E-state index contributed by atoms with van der Waals surface area (Å²) in [5, 5.41) is 8.41. The van der Waals surface area contributed by atoms with E-state index in [0.29, 0.717) is 5.11 Å². The molecule has 2 N–H and O–H groups in total. The molecule has 1 saturated carbocycles. The van der Waals surface area contributed by atoms with Crippen molar-refractivity contribution in [3.8, 4) is 5.75 Å². The quantitative estimate of drug-likeness (QED) is 0.633. The molecule has 0 heterocycles. The van der Waals surface area contributed by atoms with Gasteiger partial charge in [0.25, 0.3) is 0 Å². The van der Waals surface area contributed by atoms with E-state index in [1.165, 1.54) is 18.4 Å². The van der Waals surface area contributed by atoms with Gasteiger partial charge in [0.2, 0.25) is 0 Å². The van der Waals surface area contributed by atoms with Gasteiger partial charge in [0.15, 0.2) is 5.11 Å². The van der Waals surface area contributed by atoms with Crippen molar-refractivity contribution in [2.24, 2.45) is 0 Å². The Hall–Kier alpha value is -1.78. The van der Waals surface area contributed by atoms with E-state index in [4.69, 9.17) is 28.6 Å². The van der Waals surface area contributed by atoms with E-state index in [1.807, 2.05) is 42.5 Å². The van der Waals surface area contributed by atoms with Crippen LogP contribution in [0.2, 0.25) is 5.02 Å². The van der Waals surface area contributed by atoms with Gasteiger partial charge in [-0.3, -0.25) is 0 Å². The smallest absolute Gasteiger partial charge is 0.171 e. The minimum Gasteiger partial charge on any atom is -0.497 e. The zero-order chi connectivity index (χ0) is 18.4. The Morgan fingerprint density at radius 2 is 1.92 bits per heavy atom. The maximum Gasteiger partial charge on any atom is 0.171 e. The summed E-state index contributed by atoms with van der Waals surface area (Å²) >= 11 is 11.9. The summed E-state index contributed by atoms with van der Waals surface area (Å²) in [5.74, 6) is 0.812. The van der Waals surface area contributed by atoms with Crippen LogP contribution in [0.4, 0.5) is 5.69 Å². The molecule has 0 saturated heterocycles. The molecule has 0 aromatic heterocycles. The first-order chi connectivity index (χ1) is 12.6. The monoisotopic (exact) mass is 388 g/mol. The predicted octanol–water partition coefficient (Wildman–Crippen LogP) is 5.58. The molecule has 0 bridgehead atoms.